The van der Waals surface area contributed by atoms with Gasteiger partial charge in [-0.1, -0.05) is 53.5 Å². The van der Waals surface area contributed by atoms with Crippen LogP contribution in [0.15, 0.2) is 52.4 Å². The third-order valence-electron chi connectivity index (χ3n) is 6.71. The predicted molar refractivity (Wildman–Crippen MR) is 164 cm³/mol. The van der Waals surface area contributed by atoms with Crippen molar-refractivity contribution >= 4 is 57.0 Å². The summed E-state index contributed by atoms with van der Waals surface area (Å²) >= 11 is 12.2. The molecule has 11 nitrogen and oxygen atoms in total. The Morgan fingerprint density at radius 1 is 1.09 bits per heavy atom. The van der Waals surface area contributed by atoms with Gasteiger partial charge in [0, 0.05) is 25.2 Å². The Bertz CT molecular complexity index is 1520. The first-order valence-corrected chi connectivity index (χ1v) is 16.0. The van der Waals surface area contributed by atoms with Crippen molar-refractivity contribution in [1.82, 2.24) is 19.4 Å². The molecule has 0 spiro atoms. The Morgan fingerprint density at radius 2 is 1.77 bits per heavy atom. The topological polar surface area (TPSA) is 129 Å². The second-order valence-electron chi connectivity index (χ2n) is 11.4. The fourth-order valence-corrected chi connectivity index (χ4v) is 6.78. The number of nitrogens with one attached hydrogen (secondary N) is 1. The number of carbonyl (C=O) groups is 3. The standard InChI is InChI=1S/C29H35Cl2N5O6S/c1-29(2,3)42-28(39)35-15-14-32-27(35)20-10-8-19(9-11-20)17-34(4)25(38)16-33-24(37)18-36(21-12-13-21)43(40,41)23-7-5-6-22(30)26(23)31/h5-11,21H,12-18H2,1-4H3,(H,33,37). The second kappa shape index (κ2) is 13.2. The van der Waals surface area contributed by atoms with Crippen LogP contribution in [-0.4, -0.2) is 91.1 Å². The number of aliphatic imine (C=N–C) groups is 1. The minimum atomic E-state index is -4.08. The third-order valence-corrected chi connectivity index (χ3v) is 9.58. The summed E-state index contributed by atoms with van der Waals surface area (Å²) in [6, 6.07) is 11.3. The fraction of sp³-hybridized carbons (Fsp3) is 0.448. The summed E-state index contributed by atoms with van der Waals surface area (Å²) in [4.78, 5) is 45.3. The van der Waals surface area contributed by atoms with Crippen LogP contribution in [-0.2, 0) is 30.9 Å². The Morgan fingerprint density at radius 3 is 2.40 bits per heavy atom. The maximum atomic E-state index is 13.3. The Balaban J connectivity index is 1.31. The van der Waals surface area contributed by atoms with Gasteiger partial charge in [0.25, 0.3) is 0 Å². The van der Waals surface area contributed by atoms with Crippen LogP contribution >= 0.6 is 23.2 Å². The second-order valence-corrected chi connectivity index (χ2v) is 14.0. The van der Waals surface area contributed by atoms with Gasteiger partial charge in [0.15, 0.2) is 0 Å². The highest BCUT2D eigenvalue weighted by Gasteiger charge is 2.40. The summed E-state index contributed by atoms with van der Waals surface area (Å²) in [5, 5.41) is 2.53. The van der Waals surface area contributed by atoms with E-state index in [1.165, 1.54) is 28.0 Å². The molecule has 2 aromatic carbocycles. The lowest BCUT2D eigenvalue weighted by atomic mass is 10.1. The summed E-state index contributed by atoms with van der Waals surface area (Å²) in [5.74, 6) is -0.424. The molecule has 0 atom stereocenters. The van der Waals surface area contributed by atoms with Crippen molar-refractivity contribution in [2.24, 2.45) is 4.99 Å². The molecule has 3 amide bonds. The number of hydrogen-bond donors (Lipinski definition) is 1. The molecule has 0 unspecified atom stereocenters. The van der Waals surface area contributed by atoms with Crippen LogP contribution in [0.1, 0.15) is 44.7 Å². The van der Waals surface area contributed by atoms with E-state index in [-0.39, 0.29) is 40.0 Å². The van der Waals surface area contributed by atoms with Gasteiger partial charge in [-0.15, -0.1) is 0 Å². The van der Waals surface area contributed by atoms with Gasteiger partial charge in [0.1, 0.15) is 16.3 Å². The highest BCUT2D eigenvalue weighted by molar-refractivity contribution is 7.89. The maximum Gasteiger partial charge on any atom is 0.416 e. The zero-order valence-corrected chi connectivity index (χ0v) is 26.8. The number of hydrogen-bond acceptors (Lipinski definition) is 7. The van der Waals surface area contributed by atoms with Gasteiger partial charge < -0.3 is 15.0 Å². The number of sulfonamides is 1. The van der Waals surface area contributed by atoms with E-state index in [9.17, 15) is 22.8 Å². The van der Waals surface area contributed by atoms with Crippen LogP contribution in [0.2, 0.25) is 10.0 Å². The van der Waals surface area contributed by atoms with Crippen molar-refractivity contribution in [2.75, 3.05) is 33.2 Å². The molecular formula is C29H35Cl2N5O6S. The smallest absolute Gasteiger partial charge is 0.416 e. The van der Waals surface area contributed by atoms with Crippen molar-refractivity contribution in [2.45, 2.75) is 56.7 Å². The number of benzene rings is 2. The van der Waals surface area contributed by atoms with Gasteiger partial charge in [0.2, 0.25) is 21.8 Å². The average molecular weight is 653 g/mol. The maximum absolute atomic E-state index is 13.3. The predicted octanol–water partition coefficient (Wildman–Crippen LogP) is 3.92. The van der Waals surface area contributed by atoms with Gasteiger partial charge in [-0.25, -0.2) is 13.2 Å². The van der Waals surface area contributed by atoms with Gasteiger partial charge in [-0.2, -0.15) is 4.31 Å². The lowest BCUT2D eigenvalue weighted by Crippen LogP contribution is -2.45. The number of ether oxygens (including phenoxy) is 1. The highest BCUT2D eigenvalue weighted by atomic mass is 35.5. The quantitative estimate of drug-likeness (QED) is 0.415. The lowest BCUT2D eigenvalue weighted by molar-refractivity contribution is -0.132. The normalized spacial score (nSPS) is 15.3. The van der Waals surface area contributed by atoms with Crippen molar-refractivity contribution in [3.8, 4) is 0 Å². The number of likely N-dealkylation sites (N-methyl/N-ethyl adjacent to an activating group) is 1. The van der Waals surface area contributed by atoms with Crippen LogP contribution in [0, 0.1) is 0 Å². The molecular weight excluding hydrogens is 617 g/mol. The third kappa shape index (κ3) is 8.26. The molecule has 0 aromatic heterocycles. The summed E-state index contributed by atoms with van der Waals surface area (Å²) in [5.41, 5.74) is 0.963. The first-order valence-electron chi connectivity index (χ1n) is 13.8. The molecule has 1 aliphatic carbocycles. The number of halogens is 2. The van der Waals surface area contributed by atoms with Crippen LogP contribution in [0.3, 0.4) is 0 Å². The number of amidine groups is 1. The number of amides is 3. The molecule has 1 aliphatic heterocycles. The summed E-state index contributed by atoms with van der Waals surface area (Å²) < 4.78 is 33.2. The van der Waals surface area contributed by atoms with E-state index in [0.29, 0.717) is 31.8 Å². The number of rotatable bonds is 10. The molecule has 1 saturated carbocycles. The van der Waals surface area contributed by atoms with E-state index in [4.69, 9.17) is 27.9 Å². The van der Waals surface area contributed by atoms with E-state index in [1.807, 2.05) is 45.0 Å². The molecule has 2 aliphatic rings. The number of nitrogens with zero attached hydrogens (tertiary/aromatic N) is 4. The molecule has 4 rings (SSSR count). The van der Waals surface area contributed by atoms with Crippen molar-refractivity contribution < 1.29 is 27.5 Å². The van der Waals surface area contributed by atoms with Crippen LogP contribution < -0.4 is 5.32 Å². The molecule has 14 heteroatoms. The summed E-state index contributed by atoms with van der Waals surface area (Å²) in [6.07, 6.45) is 0.793. The Labute approximate surface area is 261 Å². The van der Waals surface area contributed by atoms with Gasteiger partial charge in [-0.05, 0) is 51.3 Å². The highest BCUT2D eigenvalue weighted by Crippen LogP contribution is 2.36. The van der Waals surface area contributed by atoms with E-state index < -0.39 is 34.2 Å². The lowest BCUT2D eigenvalue weighted by Gasteiger charge is -2.25. The van der Waals surface area contributed by atoms with Gasteiger partial charge in [-0.3, -0.25) is 19.5 Å². The summed E-state index contributed by atoms with van der Waals surface area (Å²) in [6.45, 7) is 5.87. The van der Waals surface area contributed by atoms with Crippen molar-refractivity contribution in [3.05, 3.63) is 63.6 Å². The SMILES string of the molecule is CN(Cc1ccc(C2=NCCN2C(=O)OC(C)(C)C)cc1)C(=O)CNC(=O)CN(C1CC1)S(=O)(=O)c1cccc(Cl)c1Cl. The Hall–Kier alpha value is -3.19. The van der Waals surface area contributed by atoms with E-state index in [0.717, 1.165) is 15.4 Å². The first-order chi connectivity index (χ1) is 20.2. The molecule has 0 saturated heterocycles. The molecule has 0 bridgehead atoms. The van der Waals surface area contributed by atoms with Crippen molar-refractivity contribution in [3.63, 3.8) is 0 Å². The molecule has 1 fully saturated rings. The van der Waals surface area contributed by atoms with Crippen molar-refractivity contribution in [1.29, 1.82) is 0 Å². The molecule has 43 heavy (non-hydrogen) atoms. The number of carbonyl (C=O) groups excluding carboxylic acids is 3. The van der Waals surface area contributed by atoms with E-state index >= 15 is 0 Å². The molecule has 232 valence electrons. The zero-order valence-electron chi connectivity index (χ0n) is 24.5. The molecule has 2 aromatic rings. The van der Waals surface area contributed by atoms with Crippen LogP contribution in [0.25, 0.3) is 0 Å². The van der Waals surface area contributed by atoms with Gasteiger partial charge in [0.05, 0.1) is 36.2 Å². The van der Waals surface area contributed by atoms with Gasteiger partial charge >= 0.3 is 6.09 Å². The molecule has 1 N–H and O–H groups in total. The fourth-order valence-electron chi connectivity index (χ4n) is 4.40. The van der Waals surface area contributed by atoms with Crippen LogP contribution in [0.4, 0.5) is 4.79 Å². The zero-order chi connectivity index (χ0) is 31.5. The minimum absolute atomic E-state index is 0.0984. The minimum Gasteiger partial charge on any atom is -0.443 e. The van der Waals surface area contributed by atoms with E-state index in [2.05, 4.69) is 10.3 Å². The van der Waals surface area contributed by atoms with E-state index in [1.54, 1.807) is 7.05 Å². The average Bonchev–Trinajstić information content (AvgIpc) is 3.65. The molecule has 0 radical (unpaired) electrons. The summed E-state index contributed by atoms with van der Waals surface area (Å²) in [7, 11) is -2.48. The Kier molecular flexibility index (Phi) is 10.1. The van der Waals surface area contributed by atoms with Crippen LogP contribution in [0.5, 0.6) is 0 Å². The monoisotopic (exact) mass is 651 g/mol. The largest absolute Gasteiger partial charge is 0.443 e. The first kappa shape index (κ1) is 32.7. The molecule has 1 heterocycles.